The van der Waals surface area contributed by atoms with E-state index in [1.165, 1.54) is 0 Å². The molecule has 0 aromatic heterocycles. The molecule has 0 saturated carbocycles. The molecule has 0 atom stereocenters. The van der Waals surface area contributed by atoms with Crippen LogP contribution in [-0.4, -0.2) is 51.0 Å². The molecule has 0 aliphatic rings. The van der Waals surface area contributed by atoms with Gasteiger partial charge in [-0.2, -0.15) is 0 Å². The van der Waals surface area contributed by atoms with E-state index in [0.29, 0.717) is 11.8 Å². The van der Waals surface area contributed by atoms with E-state index in [0.717, 1.165) is 11.0 Å². The first-order valence-corrected chi connectivity index (χ1v) is 4.01. The van der Waals surface area contributed by atoms with Crippen LogP contribution in [0.25, 0.3) is 0 Å². The first kappa shape index (κ1) is 10.7. The summed E-state index contributed by atoms with van der Waals surface area (Å²) in [6, 6.07) is 0. The fraction of sp³-hybridized carbons (Fsp3) is 0.857. The van der Waals surface area contributed by atoms with Crippen LogP contribution in [-0.2, 0) is 4.74 Å². The molecule has 0 saturated heterocycles. The SMILES string of the molecule is CNC(=S)OCC[N+](C)(C)C. The van der Waals surface area contributed by atoms with Gasteiger partial charge in [-0.1, -0.05) is 0 Å². The summed E-state index contributed by atoms with van der Waals surface area (Å²) in [6.07, 6.45) is 0. The molecule has 11 heavy (non-hydrogen) atoms. The first-order chi connectivity index (χ1) is 4.95. The second-order valence-electron chi connectivity index (χ2n) is 3.40. The molecule has 0 fully saturated rings. The molecule has 0 aromatic rings. The van der Waals surface area contributed by atoms with Crippen LogP contribution in [0.4, 0.5) is 0 Å². The highest BCUT2D eigenvalue weighted by atomic mass is 32.1. The van der Waals surface area contributed by atoms with Crippen molar-refractivity contribution in [3.8, 4) is 0 Å². The van der Waals surface area contributed by atoms with Crippen LogP contribution in [0.15, 0.2) is 0 Å². The Labute approximate surface area is 73.9 Å². The smallest absolute Gasteiger partial charge is 0.256 e. The molecule has 0 radical (unpaired) electrons. The summed E-state index contributed by atoms with van der Waals surface area (Å²) in [7, 11) is 8.11. The molecule has 0 amide bonds. The number of hydrogen-bond acceptors (Lipinski definition) is 2. The highest BCUT2D eigenvalue weighted by Gasteiger charge is 2.06. The number of ether oxygens (including phenoxy) is 1. The Morgan fingerprint density at radius 3 is 2.36 bits per heavy atom. The zero-order chi connectivity index (χ0) is 8.91. The molecule has 0 aliphatic heterocycles. The topological polar surface area (TPSA) is 21.3 Å². The van der Waals surface area contributed by atoms with Gasteiger partial charge in [0.1, 0.15) is 13.2 Å². The quantitative estimate of drug-likeness (QED) is 0.492. The van der Waals surface area contributed by atoms with Crippen molar-refractivity contribution in [3.05, 3.63) is 0 Å². The summed E-state index contributed by atoms with van der Waals surface area (Å²) in [4.78, 5) is 0. The summed E-state index contributed by atoms with van der Waals surface area (Å²) in [6.45, 7) is 1.63. The van der Waals surface area contributed by atoms with Crippen LogP contribution in [0.2, 0.25) is 0 Å². The van der Waals surface area contributed by atoms with E-state index in [-0.39, 0.29) is 0 Å². The molecule has 0 aliphatic carbocycles. The van der Waals surface area contributed by atoms with Crippen molar-refractivity contribution < 1.29 is 9.22 Å². The van der Waals surface area contributed by atoms with E-state index in [2.05, 4.69) is 26.5 Å². The van der Waals surface area contributed by atoms with E-state index in [1.807, 2.05) is 0 Å². The van der Waals surface area contributed by atoms with Crippen molar-refractivity contribution in [2.75, 3.05) is 41.3 Å². The van der Waals surface area contributed by atoms with Crippen LogP contribution in [0.1, 0.15) is 0 Å². The van der Waals surface area contributed by atoms with Crippen LogP contribution in [0.3, 0.4) is 0 Å². The van der Waals surface area contributed by atoms with E-state index >= 15 is 0 Å². The van der Waals surface area contributed by atoms with Gasteiger partial charge in [0.2, 0.25) is 0 Å². The number of nitrogens with one attached hydrogen (secondary N) is 1. The lowest BCUT2D eigenvalue weighted by Crippen LogP contribution is -2.38. The number of quaternary nitrogens is 1. The molecular formula is C7H17N2OS+. The summed E-state index contributed by atoms with van der Waals surface area (Å²) in [5.74, 6) is 0. The van der Waals surface area contributed by atoms with Crippen molar-refractivity contribution in [3.63, 3.8) is 0 Å². The summed E-state index contributed by atoms with van der Waals surface area (Å²) in [5.41, 5.74) is 0. The first-order valence-electron chi connectivity index (χ1n) is 3.60. The summed E-state index contributed by atoms with van der Waals surface area (Å²) >= 11 is 4.80. The lowest BCUT2D eigenvalue weighted by Gasteiger charge is -2.23. The number of likely N-dealkylation sites (N-methyl/N-ethyl adjacent to an activating group) is 1. The lowest BCUT2D eigenvalue weighted by molar-refractivity contribution is -0.870. The van der Waals surface area contributed by atoms with Gasteiger partial charge in [0, 0.05) is 7.05 Å². The minimum Gasteiger partial charge on any atom is -0.465 e. The van der Waals surface area contributed by atoms with Crippen molar-refractivity contribution >= 4 is 17.4 Å². The van der Waals surface area contributed by atoms with E-state index < -0.39 is 0 Å². The molecule has 0 unspecified atom stereocenters. The molecule has 0 rings (SSSR count). The van der Waals surface area contributed by atoms with Crippen LogP contribution in [0, 0.1) is 0 Å². The minimum atomic E-state index is 0.471. The Hall–Kier alpha value is -0.350. The third-order valence-electron chi connectivity index (χ3n) is 1.20. The van der Waals surface area contributed by atoms with Gasteiger partial charge in [-0.25, -0.2) is 0 Å². The van der Waals surface area contributed by atoms with Gasteiger partial charge in [0.25, 0.3) is 5.17 Å². The zero-order valence-electron chi connectivity index (χ0n) is 7.68. The Bertz CT molecular complexity index is 131. The van der Waals surface area contributed by atoms with Gasteiger partial charge in [-0.3, -0.25) is 0 Å². The van der Waals surface area contributed by atoms with Crippen LogP contribution in [0.5, 0.6) is 0 Å². The molecule has 4 heteroatoms. The second-order valence-corrected chi connectivity index (χ2v) is 3.77. The molecule has 0 heterocycles. The molecule has 0 aromatic carbocycles. The van der Waals surface area contributed by atoms with E-state index in [9.17, 15) is 0 Å². The number of rotatable bonds is 3. The summed E-state index contributed by atoms with van der Waals surface area (Å²) in [5, 5.41) is 3.22. The van der Waals surface area contributed by atoms with Gasteiger partial charge in [0.05, 0.1) is 21.1 Å². The van der Waals surface area contributed by atoms with E-state index in [1.54, 1.807) is 7.05 Å². The predicted molar refractivity (Wildman–Crippen MR) is 50.5 cm³/mol. The Morgan fingerprint density at radius 2 is 2.00 bits per heavy atom. The maximum atomic E-state index is 5.17. The zero-order valence-corrected chi connectivity index (χ0v) is 8.49. The van der Waals surface area contributed by atoms with Crippen LogP contribution < -0.4 is 5.32 Å². The number of hydrogen-bond donors (Lipinski definition) is 1. The van der Waals surface area contributed by atoms with Gasteiger partial charge in [-0.05, 0) is 12.2 Å². The van der Waals surface area contributed by atoms with Crippen molar-refractivity contribution in [2.24, 2.45) is 0 Å². The third-order valence-corrected chi connectivity index (χ3v) is 1.52. The lowest BCUT2D eigenvalue weighted by atomic mass is 10.5. The van der Waals surface area contributed by atoms with Crippen molar-refractivity contribution in [1.29, 1.82) is 0 Å². The average Bonchev–Trinajstić information content (AvgIpc) is 1.85. The average molecular weight is 177 g/mol. The maximum Gasteiger partial charge on any atom is 0.256 e. The largest absolute Gasteiger partial charge is 0.465 e. The molecule has 0 spiro atoms. The highest BCUT2D eigenvalue weighted by molar-refractivity contribution is 7.80. The van der Waals surface area contributed by atoms with Crippen molar-refractivity contribution in [1.82, 2.24) is 5.32 Å². The predicted octanol–water partition coefficient (Wildman–Crippen LogP) is 0.213. The number of nitrogens with zero attached hydrogens (tertiary/aromatic N) is 1. The molecular weight excluding hydrogens is 160 g/mol. The molecule has 0 bridgehead atoms. The minimum absolute atomic E-state index is 0.471. The Balaban J connectivity index is 3.35. The Kier molecular flexibility index (Phi) is 4.37. The normalized spacial score (nSPS) is 10.9. The monoisotopic (exact) mass is 177 g/mol. The van der Waals surface area contributed by atoms with E-state index in [4.69, 9.17) is 17.0 Å². The third kappa shape index (κ3) is 7.55. The fourth-order valence-electron chi connectivity index (χ4n) is 0.484. The highest BCUT2D eigenvalue weighted by Crippen LogP contribution is 1.89. The molecule has 3 nitrogen and oxygen atoms in total. The van der Waals surface area contributed by atoms with Crippen LogP contribution >= 0.6 is 12.2 Å². The number of thiocarbonyl (C=S) groups is 1. The van der Waals surface area contributed by atoms with Gasteiger partial charge in [0.15, 0.2) is 0 Å². The standard InChI is InChI=1S/C7H16N2OS/c1-8-7(11)10-6-5-9(2,3)4/h5-6H2,1-4H3/p+1. The molecule has 66 valence electrons. The fourth-order valence-corrected chi connectivity index (χ4v) is 0.568. The Morgan fingerprint density at radius 1 is 1.45 bits per heavy atom. The summed E-state index contributed by atoms with van der Waals surface area (Å²) < 4.78 is 6.07. The van der Waals surface area contributed by atoms with Crippen molar-refractivity contribution in [2.45, 2.75) is 0 Å². The van der Waals surface area contributed by atoms with Gasteiger partial charge >= 0.3 is 0 Å². The second kappa shape index (κ2) is 4.51. The van der Waals surface area contributed by atoms with Gasteiger partial charge < -0.3 is 14.5 Å². The van der Waals surface area contributed by atoms with Gasteiger partial charge in [-0.15, -0.1) is 0 Å². The maximum absolute atomic E-state index is 5.17. The molecule has 1 N–H and O–H groups in total.